The molecule has 11 aromatic rings. The molecule has 11 rings (SSSR count). The summed E-state index contributed by atoms with van der Waals surface area (Å²) in [5, 5.41) is 6.85. The van der Waals surface area contributed by atoms with Gasteiger partial charge in [0.2, 0.25) is 0 Å². The van der Waals surface area contributed by atoms with Crippen LogP contribution in [0.4, 0.5) is 0 Å². The minimum Gasteiger partial charge on any atom is -0.455 e. The molecule has 2 heterocycles. The molecular weight excluding hydrogens is 695 g/mol. The fourth-order valence-electron chi connectivity index (χ4n) is 8.29. The molecule has 0 bridgehead atoms. The number of para-hydroxylation sites is 2. The van der Waals surface area contributed by atoms with Crippen molar-refractivity contribution in [2.75, 3.05) is 0 Å². The Morgan fingerprint density at radius 2 is 0.825 bits per heavy atom. The van der Waals surface area contributed by atoms with Crippen LogP contribution in [0, 0.1) is 0 Å². The predicted molar refractivity (Wildman–Crippen MR) is 235 cm³/mol. The molecule has 0 fully saturated rings. The minimum atomic E-state index is 0.558. The van der Waals surface area contributed by atoms with Gasteiger partial charge in [-0.25, -0.2) is 15.0 Å². The Labute approximate surface area is 329 Å². The van der Waals surface area contributed by atoms with Crippen LogP contribution in [0.3, 0.4) is 0 Å². The minimum absolute atomic E-state index is 0.558. The van der Waals surface area contributed by atoms with E-state index in [2.05, 4.69) is 140 Å². The zero-order valence-electron chi connectivity index (χ0n) is 30.8. The molecule has 0 spiro atoms. The van der Waals surface area contributed by atoms with Crippen LogP contribution in [-0.2, 0) is 0 Å². The molecule has 266 valence electrons. The lowest BCUT2D eigenvalue weighted by Crippen LogP contribution is -2.00. The maximum Gasteiger partial charge on any atom is 0.167 e. The Morgan fingerprint density at radius 3 is 1.58 bits per heavy atom. The third-order valence-electron chi connectivity index (χ3n) is 10.9. The number of nitrogens with zero attached hydrogens (tertiary/aromatic N) is 3. The number of furan rings is 1. The van der Waals surface area contributed by atoms with E-state index < -0.39 is 0 Å². The van der Waals surface area contributed by atoms with Crippen molar-refractivity contribution in [1.82, 2.24) is 15.0 Å². The topological polar surface area (TPSA) is 51.8 Å². The molecule has 0 atom stereocenters. The molecular formula is C53H33N3O. The smallest absolute Gasteiger partial charge is 0.167 e. The Balaban J connectivity index is 1.15. The first kappa shape index (κ1) is 32.7. The van der Waals surface area contributed by atoms with Gasteiger partial charge in [-0.2, -0.15) is 0 Å². The summed E-state index contributed by atoms with van der Waals surface area (Å²) in [5.74, 6) is 1.75. The van der Waals surface area contributed by atoms with Crippen LogP contribution in [-0.4, -0.2) is 15.0 Å². The van der Waals surface area contributed by atoms with Crippen molar-refractivity contribution in [3.63, 3.8) is 0 Å². The van der Waals surface area contributed by atoms with Gasteiger partial charge in [-0.05, 0) is 73.1 Å². The quantitative estimate of drug-likeness (QED) is 0.171. The van der Waals surface area contributed by atoms with E-state index in [0.29, 0.717) is 17.5 Å². The van der Waals surface area contributed by atoms with Gasteiger partial charge in [0, 0.05) is 21.9 Å². The molecule has 57 heavy (non-hydrogen) atoms. The van der Waals surface area contributed by atoms with Gasteiger partial charge in [-0.1, -0.05) is 182 Å². The van der Waals surface area contributed by atoms with Gasteiger partial charge in [-0.15, -0.1) is 0 Å². The number of hydrogen-bond donors (Lipinski definition) is 0. The second kappa shape index (κ2) is 13.6. The number of hydrogen-bond acceptors (Lipinski definition) is 4. The van der Waals surface area contributed by atoms with E-state index in [1.165, 1.54) is 43.8 Å². The lowest BCUT2D eigenvalue weighted by Gasteiger charge is -2.20. The highest BCUT2D eigenvalue weighted by atomic mass is 16.3. The summed E-state index contributed by atoms with van der Waals surface area (Å²) in [7, 11) is 0. The van der Waals surface area contributed by atoms with E-state index >= 15 is 0 Å². The molecule has 9 aromatic carbocycles. The molecule has 0 unspecified atom stereocenters. The SMILES string of the molecule is c1ccc(-c2nc(-c3cccc(-c4c(-c5c(-c6ccccc6)ccc6ccccc56)ccc5ccccc45)c3)nc(-c3cccc4c3oc3ccccc34)n2)cc1. The van der Waals surface area contributed by atoms with Crippen LogP contribution in [0.15, 0.2) is 205 Å². The molecule has 0 N–H and O–H groups in total. The number of benzene rings is 9. The fourth-order valence-corrected chi connectivity index (χ4v) is 8.29. The van der Waals surface area contributed by atoms with Crippen LogP contribution < -0.4 is 0 Å². The first-order valence-electron chi connectivity index (χ1n) is 19.2. The highest BCUT2D eigenvalue weighted by Gasteiger charge is 2.21. The van der Waals surface area contributed by atoms with E-state index in [1.807, 2.05) is 60.7 Å². The predicted octanol–water partition coefficient (Wildman–Crippen LogP) is 14.1. The zero-order valence-corrected chi connectivity index (χ0v) is 30.8. The summed E-state index contributed by atoms with van der Waals surface area (Å²) in [4.78, 5) is 15.4. The van der Waals surface area contributed by atoms with Crippen molar-refractivity contribution in [3.05, 3.63) is 200 Å². The molecule has 0 saturated carbocycles. The lowest BCUT2D eigenvalue weighted by molar-refractivity contribution is 0.669. The Kier molecular flexibility index (Phi) is 7.78. The van der Waals surface area contributed by atoms with Gasteiger partial charge >= 0.3 is 0 Å². The van der Waals surface area contributed by atoms with Gasteiger partial charge in [0.05, 0.1) is 5.56 Å². The van der Waals surface area contributed by atoms with E-state index in [1.54, 1.807) is 0 Å². The largest absolute Gasteiger partial charge is 0.455 e. The monoisotopic (exact) mass is 727 g/mol. The van der Waals surface area contributed by atoms with Crippen LogP contribution in [0.25, 0.3) is 111 Å². The second-order valence-electron chi connectivity index (χ2n) is 14.3. The van der Waals surface area contributed by atoms with Gasteiger partial charge in [0.1, 0.15) is 11.2 Å². The molecule has 4 nitrogen and oxygen atoms in total. The third kappa shape index (κ3) is 5.66. The first-order valence-corrected chi connectivity index (χ1v) is 19.2. The van der Waals surface area contributed by atoms with Crippen LogP contribution >= 0.6 is 0 Å². The average molecular weight is 728 g/mol. The maximum atomic E-state index is 6.47. The Bertz CT molecular complexity index is 3300. The van der Waals surface area contributed by atoms with Gasteiger partial charge in [0.15, 0.2) is 17.5 Å². The molecule has 0 saturated heterocycles. The second-order valence-corrected chi connectivity index (χ2v) is 14.3. The van der Waals surface area contributed by atoms with Crippen LogP contribution in [0.1, 0.15) is 0 Å². The number of fused-ring (bicyclic) bond motifs is 5. The van der Waals surface area contributed by atoms with Crippen molar-refractivity contribution >= 4 is 43.5 Å². The third-order valence-corrected chi connectivity index (χ3v) is 10.9. The summed E-state index contributed by atoms with van der Waals surface area (Å²) in [6.07, 6.45) is 0. The van der Waals surface area contributed by atoms with E-state index in [9.17, 15) is 0 Å². The van der Waals surface area contributed by atoms with Crippen molar-refractivity contribution in [2.45, 2.75) is 0 Å². The van der Waals surface area contributed by atoms with Gasteiger partial charge in [0.25, 0.3) is 0 Å². The Hall–Kier alpha value is -7.69. The standard InChI is InChI=1S/C53H33N3O/c1-3-15-34(16-4-1)42-31-29-36-18-8-10-24-41(36)49(42)45-32-30-35-17-7-9-23-40(35)48(45)38-21-13-22-39(33-38)52-54-51(37-19-5-2-6-20-37)55-53(56-52)46-27-14-26-44-43-25-11-12-28-47(43)57-50(44)46/h1-33H. The summed E-state index contributed by atoms with van der Waals surface area (Å²) in [6.45, 7) is 0. The summed E-state index contributed by atoms with van der Waals surface area (Å²) in [5.41, 5.74) is 11.2. The van der Waals surface area contributed by atoms with Crippen molar-refractivity contribution < 1.29 is 4.42 Å². The lowest BCUT2D eigenvalue weighted by atomic mass is 9.84. The summed E-state index contributed by atoms with van der Waals surface area (Å²) >= 11 is 0. The number of aromatic nitrogens is 3. The molecule has 0 aliphatic heterocycles. The molecule has 0 radical (unpaired) electrons. The van der Waals surface area contributed by atoms with Crippen molar-refractivity contribution in [1.29, 1.82) is 0 Å². The Morgan fingerprint density at radius 1 is 0.298 bits per heavy atom. The molecule has 2 aromatic heterocycles. The van der Waals surface area contributed by atoms with E-state index in [0.717, 1.165) is 49.8 Å². The maximum absolute atomic E-state index is 6.47. The van der Waals surface area contributed by atoms with E-state index in [-0.39, 0.29) is 0 Å². The molecule has 4 heteroatoms. The van der Waals surface area contributed by atoms with Crippen molar-refractivity contribution in [3.8, 4) is 67.5 Å². The molecule has 0 aliphatic carbocycles. The van der Waals surface area contributed by atoms with Gasteiger partial charge in [-0.3, -0.25) is 0 Å². The first-order chi connectivity index (χ1) is 28.3. The summed E-state index contributed by atoms with van der Waals surface area (Å²) < 4.78 is 6.47. The zero-order chi connectivity index (χ0) is 37.7. The molecule has 0 amide bonds. The highest BCUT2D eigenvalue weighted by Crippen LogP contribution is 2.46. The van der Waals surface area contributed by atoms with E-state index in [4.69, 9.17) is 19.4 Å². The number of rotatable bonds is 6. The normalized spacial score (nSPS) is 11.5. The average Bonchev–Trinajstić information content (AvgIpc) is 3.68. The summed E-state index contributed by atoms with van der Waals surface area (Å²) in [6, 6.07) is 70.1. The van der Waals surface area contributed by atoms with Crippen molar-refractivity contribution in [2.24, 2.45) is 0 Å². The highest BCUT2D eigenvalue weighted by molar-refractivity contribution is 6.13. The van der Waals surface area contributed by atoms with Crippen LogP contribution in [0.2, 0.25) is 0 Å². The van der Waals surface area contributed by atoms with Gasteiger partial charge < -0.3 is 4.42 Å². The van der Waals surface area contributed by atoms with Crippen LogP contribution in [0.5, 0.6) is 0 Å². The molecule has 0 aliphatic rings. The fraction of sp³-hybridized carbons (Fsp3) is 0.